The molecule has 0 aromatic carbocycles. The summed E-state index contributed by atoms with van der Waals surface area (Å²) >= 11 is 0. The Morgan fingerprint density at radius 3 is 1.44 bits per heavy atom. The smallest absolute Gasteiger partial charge is 0.305 e. The summed E-state index contributed by atoms with van der Waals surface area (Å²) in [7, 11) is 0. The summed E-state index contributed by atoms with van der Waals surface area (Å²) in [6.45, 7) is 4.54. The number of hydrogen-bond donors (Lipinski definition) is 0. The summed E-state index contributed by atoms with van der Waals surface area (Å²) < 4.78 is 4.94. The first-order chi connectivity index (χ1) is 15.8. The van der Waals surface area contributed by atoms with Crippen LogP contribution in [-0.2, 0) is 9.53 Å². The van der Waals surface area contributed by atoms with Crippen LogP contribution in [0.3, 0.4) is 0 Å². The number of unbranched alkanes of at least 4 members (excludes halogenated alkanes) is 12. The zero-order valence-electron chi connectivity index (χ0n) is 21.4. The summed E-state index contributed by atoms with van der Waals surface area (Å²) in [6, 6.07) is 0. The summed E-state index contributed by atoms with van der Waals surface area (Å²) in [5.74, 6) is -0.0416. The van der Waals surface area contributed by atoms with E-state index in [-0.39, 0.29) is 5.97 Å². The fourth-order valence-electron chi connectivity index (χ4n) is 3.59. The molecule has 2 heteroatoms. The third kappa shape index (κ3) is 26.5. The molecular weight excluding hydrogens is 392 g/mol. The quantitative estimate of drug-likeness (QED) is 0.0890. The molecule has 0 saturated carbocycles. The summed E-state index contributed by atoms with van der Waals surface area (Å²) in [5, 5.41) is 0. The lowest BCUT2D eigenvalue weighted by Crippen LogP contribution is -2.03. The third-order valence-electron chi connectivity index (χ3n) is 5.50. The topological polar surface area (TPSA) is 26.3 Å². The van der Waals surface area contributed by atoms with Gasteiger partial charge in [0.15, 0.2) is 0 Å². The molecule has 0 fully saturated rings. The van der Waals surface area contributed by atoms with Gasteiger partial charge in [0, 0.05) is 6.42 Å². The molecule has 0 aromatic rings. The molecule has 0 aliphatic carbocycles. The number of esters is 1. The highest BCUT2D eigenvalue weighted by atomic mass is 16.5. The number of rotatable bonds is 23. The Morgan fingerprint density at radius 1 is 0.531 bits per heavy atom. The fourth-order valence-corrected chi connectivity index (χ4v) is 3.59. The van der Waals surface area contributed by atoms with Gasteiger partial charge in [-0.25, -0.2) is 0 Å². The largest absolute Gasteiger partial charge is 0.466 e. The van der Waals surface area contributed by atoms with Crippen LogP contribution >= 0.6 is 0 Å². The van der Waals surface area contributed by atoms with Gasteiger partial charge in [-0.2, -0.15) is 0 Å². The lowest BCUT2D eigenvalue weighted by atomic mass is 10.1. The van der Waals surface area contributed by atoms with Crippen molar-refractivity contribution in [2.45, 2.75) is 129 Å². The lowest BCUT2D eigenvalue weighted by Gasteiger charge is -2.02. The number of carbonyl (C=O) groups excluding carboxylic acids is 1. The molecule has 0 aliphatic rings. The van der Waals surface area contributed by atoms with Crippen molar-refractivity contribution in [2.75, 3.05) is 6.61 Å². The van der Waals surface area contributed by atoms with Crippen molar-refractivity contribution in [2.24, 2.45) is 0 Å². The zero-order valence-corrected chi connectivity index (χ0v) is 21.4. The van der Waals surface area contributed by atoms with Crippen molar-refractivity contribution >= 4 is 5.97 Å². The van der Waals surface area contributed by atoms with Crippen LogP contribution in [0.5, 0.6) is 0 Å². The predicted octanol–water partition coefficient (Wildman–Crippen LogP) is 9.82. The minimum Gasteiger partial charge on any atom is -0.466 e. The van der Waals surface area contributed by atoms with Gasteiger partial charge in [0.2, 0.25) is 0 Å². The van der Waals surface area contributed by atoms with Crippen molar-refractivity contribution < 1.29 is 9.53 Å². The normalized spacial score (nSPS) is 12.2. The molecule has 32 heavy (non-hydrogen) atoms. The Hall–Kier alpha value is -1.57. The zero-order chi connectivity index (χ0) is 23.4. The number of carbonyl (C=O) groups is 1. The van der Waals surface area contributed by atoms with Crippen LogP contribution in [-0.4, -0.2) is 12.6 Å². The highest BCUT2D eigenvalue weighted by Gasteiger charge is 2.00. The maximum absolute atomic E-state index is 11.2. The predicted molar refractivity (Wildman–Crippen MR) is 142 cm³/mol. The van der Waals surface area contributed by atoms with Crippen molar-refractivity contribution in [3.05, 3.63) is 48.6 Å². The minimum absolute atomic E-state index is 0.0416. The van der Waals surface area contributed by atoms with Crippen LogP contribution in [0.2, 0.25) is 0 Å². The SMILES string of the molecule is CC/C=C/C/C=C/C/C=C/CCCCCCC/C=C/CCCCCCCCC(=O)OCC. The van der Waals surface area contributed by atoms with E-state index in [9.17, 15) is 4.79 Å². The van der Waals surface area contributed by atoms with Gasteiger partial charge < -0.3 is 4.74 Å². The first kappa shape index (κ1) is 30.4. The molecule has 0 spiro atoms. The molecule has 0 radical (unpaired) electrons. The maximum Gasteiger partial charge on any atom is 0.305 e. The first-order valence-electron chi connectivity index (χ1n) is 13.6. The van der Waals surface area contributed by atoms with E-state index in [4.69, 9.17) is 4.74 Å². The minimum atomic E-state index is -0.0416. The van der Waals surface area contributed by atoms with Crippen LogP contribution in [0.4, 0.5) is 0 Å². The Kier molecular flexibility index (Phi) is 26.1. The third-order valence-corrected chi connectivity index (χ3v) is 5.50. The standard InChI is InChI=1S/C30H52O2/c1-3-5-6-7-8-9-10-11-12-13-14-15-16-17-18-19-20-21-22-23-24-25-26-27-28-29-30(31)32-4-2/h5-6,8-9,11-12,20-21H,3-4,7,10,13-19,22-29H2,1-2H3/b6-5+,9-8+,12-11+,21-20+. The van der Waals surface area contributed by atoms with Crippen LogP contribution in [0.15, 0.2) is 48.6 Å². The average molecular weight is 445 g/mol. The van der Waals surface area contributed by atoms with E-state index in [1.54, 1.807) is 0 Å². The van der Waals surface area contributed by atoms with Gasteiger partial charge in [-0.3, -0.25) is 4.79 Å². The summed E-state index contributed by atoms with van der Waals surface area (Å²) in [6.07, 6.45) is 40.0. The van der Waals surface area contributed by atoms with Crippen molar-refractivity contribution in [1.82, 2.24) is 0 Å². The van der Waals surface area contributed by atoms with Gasteiger partial charge >= 0.3 is 5.97 Å². The number of hydrogen-bond acceptors (Lipinski definition) is 2. The molecular formula is C30H52O2. The molecule has 0 rings (SSSR count). The van der Waals surface area contributed by atoms with E-state index in [0.717, 1.165) is 32.1 Å². The van der Waals surface area contributed by atoms with E-state index < -0.39 is 0 Å². The van der Waals surface area contributed by atoms with Gasteiger partial charge in [0.25, 0.3) is 0 Å². The van der Waals surface area contributed by atoms with Crippen LogP contribution < -0.4 is 0 Å². The summed E-state index contributed by atoms with van der Waals surface area (Å²) in [5.41, 5.74) is 0. The Morgan fingerprint density at radius 2 is 0.938 bits per heavy atom. The van der Waals surface area contributed by atoms with Crippen LogP contribution in [0.25, 0.3) is 0 Å². The summed E-state index contributed by atoms with van der Waals surface area (Å²) in [4.78, 5) is 11.2. The molecule has 0 atom stereocenters. The molecule has 0 saturated heterocycles. The Balaban J connectivity index is 3.24. The second kappa shape index (κ2) is 27.5. The molecule has 0 heterocycles. The van der Waals surface area contributed by atoms with Crippen LogP contribution in [0, 0.1) is 0 Å². The van der Waals surface area contributed by atoms with E-state index in [0.29, 0.717) is 13.0 Å². The highest BCUT2D eigenvalue weighted by Crippen LogP contribution is 2.11. The first-order valence-corrected chi connectivity index (χ1v) is 13.6. The molecule has 2 nitrogen and oxygen atoms in total. The molecule has 0 N–H and O–H groups in total. The monoisotopic (exact) mass is 444 g/mol. The number of ether oxygens (including phenoxy) is 1. The van der Waals surface area contributed by atoms with Gasteiger partial charge in [0.05, 0.1) is 6.61 Å². The van der Waals surface area contributed by atoms with E-state index in [1.807, 2.05) is 6.92 Å². The Labute approximate surface area is 200 Å². The van der Waals surface area contributed by atoms with Crippen molar-refractivity contribution in [3.63, 3.8) is 0 Å². The van der Waals surface area contributed by atoms with E-state index in [1.165, 1.54) is 77.0 Å². The van der Waals surface area contributed by atoms with Gasteiger partial charge in [-0.15, -0.1) is 0 Å². The molecule has 0 bridgehead atoms. The molecule has 0 unspecified atom stereocenters. The highest BCUT2D eigenvalue weighted by molar-refractivity contribution is 5.69. The fraction of sp³-hybridized carbons (Fsp3) is 0.700. The van der Waals surface area contributed by atoms with Gasteiger partial charge in [0.1, 0.15) is 0 Å². The van der Waals surface area contributed by atoms with E-state index >= 15 is 0 Å². The van der Waals surface area contributed by atoms with Gasteiger partial charge in [-0.05, 0) is 71.1 Å². The molecule has 0 aliphatic heterocycles. The average Bonchev–Trinajstić information content (AvgIpc) is 2.79. The molecule has 0 aromatic heterocycles. The lowest BCUT2D eigenvalue weighted by molar-refractivity contribution is -0.143. The van der Waals surface area contributed by atoms with Gasteiger partial charge in [-0.1, -0.05) is 100 Å². The van der Waals surface area contributed by atoms with E-state index in [2.05, 4.69) is 55.5 Å². The second-order valence-electron chi connectivity index (χ2n) is 8.58. The van der Waals surface area contributed by atoms with Crippen molar-refractivity contribution in [3.8, 4) is 0 Å². The Bertz CT molecular complexity index is 499. The maximum atomic E-state index is 11.2. The molecule has 184 valence electrons. The number of allylic oxidation sites excluding steroid dienone is 8. The molecule has 0 amide bonds. The second-order valence-corrected chi connectivity index (χ2v) is 8.58. The van der Waals surface area contributed by atoms with Crippen LogP contribution in [0.1, 0.15) is 129 Å². The van der Waals surface area contributed by atoms with Crippen molar-refractivity contribution in [1.29, 1.82) is 0 Å².